The molecule has 0 saturated carbocycles. The summed E-state index contributed by atoms with van der Waals surface area (Å²) in [6, 6.07) is 0. The summed E-state index contributed by atoms with van der Waals surface area (Å²) in [6.45, 7) is 4.06. The van der Waals surface area contributed by atoms with E-state index in [0.29, 0.717) is 17.4 Å². The fourth-order valence-corrected chi connectivity index (χ4v) is 13.0. The van der Waals surface area contributed by atoms with Gasteiger partial charge in [-0.05, 0) is 109 Å². The number of hydrogen-bond donors (Lipinski definition) is 0. The number of rotatable bonds is 79. The average Bonchev–Trinajstić information content (AvgIpc) is 0.916. The van der Waals surface area contributed by atoms with E-state index < -0.39 is 26.5 Å². The first-order valence-electron chi connectivity index (χ1n) is 42.9. The highest BCUT2D eigenvalue weighted by atomic mass is 31.2. The molecular weight excluding hydrogens is 1280 g/mol. The molecule has 0 aliphatic carbocycles. The van der Waals surface area contributed by atoms with Gasteiger partial charge in [0.1, 0.15) is 19.8 Å². The molecule has 588 valence electrons. The molecule has 10 heteroatoms. The van der Waals surface area contributed by atoms with Crippen molar-refractivity contribution in [2.45, 2.75) is 392 Å². The van der Waals surface area contributed by atoms with Crippen LogP contribution in [0, 0.1) is 0 Å². The standard InChI is InChI=1S/C92H162NO8P/c1-6-8-10-12-14-16-18-20-22-24-26-28-30-32-34-36-38-40-42-44-45-46-47-49-51-53-55-57-59-61-63-65-67-69-71-73-75-77-79-81-83-85-92(95)101-90(89-100-102(96,97)99-87-86-93(3,4)5)88-98-91(94)84-82-80-78-76-74-72-70-68-66-64-62-60-58-56-54-52-50-48-43-41-39-37-35-33-31-29-27-25-23-21-19-17-15-13-11-9-7-2/h8-11,14-17,20-23,26-29,32-35,38,40,90H,6-7,12-13,18-19,24-25,30-31,36-37,39,41-89H2,1-5H3/b10-8-,11-9-,16-14-,17-15-,22-20-,23-21-,28-26-,29-27-,34-32-,35-33-,40-38-. The molecule has 0 aliphatic heterocycles. The van der Waals surface area contributed by atoms with Gasteiger partial charge < -0.3 is 27.9 Å². The Bertz CT molecular complexity index is 2190. The highest BCUT2D eigenvalue weighted by Crippen LogP contribution is 2.38. The van der Waals surface area contributed by atoms with Crippen LogP contribution < -0.4 is 4.89 Å². The smallest absolute Gasteiger partial charge is 0.306 e. The van der Waals surface area contributed by atoms with Crippen molar-refractivity contribution in [2.24, 2.45) is 0 Å². The molecule has 9 nitrogen and oxygen atoms in total. The first-order valence-corrected chi connectivity index (χ1v) is 44.4. The summed E-state index contributed by atoms with van der Waals surface area (Å²) in [5, 5.41) is 0. The van der Waals surface area contributed by atoms with E-state index >= 15 is 0 Å². The molecule has 0 bridgehead atoms. The van der Waals surface area contributed by atoms with Gasteiger partial charge in [0.15, 0.2) is 6.10 Å². The Kier molecular flexibility index (Phi) is 78.2. The number of carbonyl (C=O) groups excluding carboxylic acids is 2. The monoisotopic (exact) mass is 1440 g/mol. The van der Waals surface area contributed by atoms with Crippen LogP contribution in [0.4, 0.5) is 0 Å². The number of ether oxygens (including phenoxy) is 2. The molecule has 0 fully saturated rings. The van der Waals surface area contributed by atoms with Gasteiger partial charge in [-0.2, -0.15) is 0 Å². The predicted octanol–water partition coefficient (Wildman–Crippen LogP) is 28.4. The van der Waals surface area contributed by atoms with E-state index in [-0.39, 0.29) is 32.0 Å². The first-order chi connectivity index (χ1) is 50.0. The molecule has 0 aromatic rings. The number of phosphoric acid groups is 1. The van der Waals surface area contributed by atoms with E-state index in [0.717, 1.165) is 109 Å². The largest absolute Gasteiger partial charge is 0.756 e. The number of likely N-dealkylation sites (N-methyl/N-ethyl adjacent to an activating group) is 1. The Morgan fingerprint density at radius 3 is 0.784 bits per heavy atom. The number of unbranched alkanes of at least 4 members (excludes halogenated alkanes) is 43. The van der Waals surface area contributed by atoms with Crippen molar-refractivity contribution in [3.05, 3.63) is 134 Å². The lowest BCUT2D eigenvalue weighted by Gasteiger charge is -2.28. The van der Waals surface area contributed by atoms with Gasteiger partial charge in [0, 0.05) is 12.8 Å². The van der Waals surface area contributed by atoms with Gasteiger partial charge in [0.25, 0.3) is 7.82 Å². The van der Waals surface area contributed by atoms with Crippen LogP contribution in [0.5, 0.6) is 0 Å². The Hall–Kier alpha value is -3.85. The van der Waals surface area contributed by atoms with E-state index in [9.17, 15) is 19.0 Å². The van der Waals surface area contributed by atoms with Crippen molar-refractivity contribution in [1.82, 2.24) is 0 Å². The Balaban J connectivity index is 3.90. The molecule has 2 atom stereocenters. The minimum absolute atomic E-state index is 0.0316. The topological polar surface area (TPSA) is 111 Å². The fraction of sp³-hybridized carbons (Fsp3) is 0.739. The van der Waals surface area contributed by atoms with Crippen molar-refractivity contribution >= 4 is 19.8 Å². The number of hydrogen-bond acceptors (Lipinski definition) is 8. The van der Waals surface area contributed by atoms with Gasteiger partial charge in [-0.1, -0.05) is 398 Å². The van der Waals surface area contributed by atoms with Gasteiger partial charge in [0.05, 0.1) is 27.7 Å². The van der Waals surface area contributed by atoms with Crippen LogP contribution in [0.15, 0.2) is 134 Å². The molecule has 0 amide bonds. The number of phosphoric ester groups is 1. The summed E-state index contributed by atoms with van der Waals surface area (Å²) >= 11 is 0. The summed E-state index contributed by atoms with van der Waals surface area (Å²) < 4.78 is 34.5. The molecule has 0 radical (unpaired) electrons. The maximum Gasteiger partial charge on any atom is 0.306 e. The molecular formula is C92H162NO8P. The third-order valence-electron chi connectivity index (χ3n) is 18.7. The maximum absolute atomic E-state index is 12.9. The van der Waals surface area contributed by atoms with Crippen LogP contribution in [-0.2, 0) is 32.7 Å². The molecule has 0 heterocycles. The molecule has 0 N–H and O–H groups in total. The number of quaternary nitrogens is 1. The number of nitrogens with zero attached hydrogens (tertiary/aromatic N) is 1. The van der Waals surface area contributed by atoms with E-state index in [1.165, 1.54) is 244 Å². The van der Waals surface area contributed by atoms with E-state index in [2.05, 4.69) is 148 Å². The molecule has 0 aromatic carbocycles. The fourth-order valence-electron chi connectivity index (χ4n) is 12.2. The maximum atomic E-state index is 12.9. The molecule has 2 unspecified atom stereocenters. The van der Waals surface area contributed by atoms with Gasteiger partial charge in [-0.25, -0.2) is 0 Å². The first kappa shape index (κ1) is 98.2. The lowest BCUT2D eigenvalue weighted by molar-refractivity contribution is -0.870. The average molecular weight is 1440 g/mol. The van der Waals surface area contributed by atoms with Crippen molar-refractivity contribution in [1.29, 1.82) is 0 Å². The lowest BCUT2D eigenvalue weighted by Crippen LogP contribution is -2.37. The van der Waals surface area contributed by atoms with Crippen molar-refractivity contribution in [3.63, 3.8) is 0 Å². The summed E-state index contributed by atoms with van der Waals surface area (Å²) in [5.41, 5.74) is 0. The van der Waals surface area contributed by atoms with E-state index in [4.69, 9.17) is 18.5 Å². The van der Waals surface area contributed by atoms with Gasteiger partial charge >= 0.3 is 11.9 Å². The number of carbonyl (C=O) groups is 2. The predicted molar refractivity (Wildman–Crippen MR) is 443 cm³/mol. The summed E-state index contributed by atoms with van der Waals surface area (Å²) in [4.78, 5) is 38.3. The quantitative estimate of drug-likeness (QED) is 0.0195. The highest BCUT2D eigenvalue weighted by molar-refractivity contribution is 7.45. The highest BCUT2D eigenvalue weighted by Gasteiger charge is 2.22. The summed E-state index contributed by atoms with van der Waals surface area (Å²) in [7, 11) is 1.18. The third kappa shape index (κ3) is 85.1. The second-order valence-electron chi connectivity index (χ2n) is 29.8. The van der Waals surface area contributed by atoms with Gasteiger partial charge in [-0.15, -0.1) is 0 Å². The summed E-state index contributed by atoms with van der Waals surface area (Å²) in [6.07, 6.45) is 119. The minimum atomic E-state index is -4.65. The van der Waals surface area contributed by atoms with Gasteiger partial charge in [0.2, 0.25) is 0 Å². The van der Waals surface area contributed by atoms with E-state index in [1.807, 2.05) is 21.1 Å². The van der Waals surface area contributed by atoms with Crippen LogP contribution in [-0.4, -0.2) is 70.0 Å². The normalized spacial score (nSPS) is 13.7. The van der Waals surface area contributed by atoms with Crippen LogP contribution in [0.25, 0.3) is 0 Å². The Morgan fingerprint density at radius 2 is 0.529 bits per heavy atom. The lowest BCUT2D eigenvalue weighted by atomic mass is 10.0. The second-order valence-corrected chi connectivity index (χ2v) is 31.2. The van der Waals surface area contributed by atoms with E-state index in [1.54, 1.807) is 0 Å². The van der Waals surface area contributed by atoms with Crippen LogP contribution in [0.3, 0.4) is 0 Å². The zero-order valence-electron chi connectivity index (χ0n) is 67.3. The van der Waals surface area contributed by atoms with Crippen LogP contribution in [0.2, 0.25) is 0 Å². The molecule has 102 heavy (non-hydrogen) atoms. The zero-order valence-corrected chi connectivity index (χ0v) is 68.2. The molecule has 0 saturated heterocycles. The van der Waals surface area contributed by atoms with Crippen molar-refractivity contribution < 1.29 is 42.1 Å². The zero-order chi connectivity index (χ0) is 74.0. The Labute approximate surface area is 631 Å². The minimum Gasteiger partial charge on any atom is -0.756 e. The second kappa shape index (κ2) is 81.2. The van der Waals surface area contributed by atoms with Crippen molar-refractivity contribution in [3.8, 4) is 0 Å². The molecule has 0 rings (SSSR count). The summed E-state index contributed by atoms with van der Waals surface area (Å²) in [5.74, 6) is -0.816. The third-order valence-corrected chi connectivity index (χ3v) is 19.6. The van der Waals surface area contributed by atoms with Gasteiger partial charge in [-0.3, -0.25) is 14.2 Å². The Morgan fingerprint density at radius 1 is 0.304 bits per heavy atom. The number of esters is 2. The molecule has 0 aromatic heterocycles. The number of allylic oxidation sites excluding steroid dienone is 22. The SMILES string of the molecule is CC/C=C\C/C=C\C/C=C\C/C=C\C/C=C\C/C=C\CCCCCCCCCCCCCCCCCCCCCCCCC(=O)OC(COC(=O)CCCCCCCCCCCCCCCCCCCCCCC/C=C\C/C=C\C/C=C\C/C=C\C/C=C\CC)COP(=O)([O-])OCC[N+](C)(C)C. The van der Waals surface area contributed by atoms with Crippen LogP contribution >= 0.6 is 7.82 Å². The van der Waals surface area contributed by atoms with Crippen molar-refractivity contribution in [2.75, 3.05) is 47.5 Å². The molecule has 0 aliphatic rings. The van der Waals surface area contributed by atoms with Crippen LogP contribution in [0.1, 0.15) is 386 Å². The molecule has 0 spiro atoms.